The van der Waals surface area contributed by atoms with E-state index < -0.39 is 41.0 Å². The highest BCUT2D eigenvalue weighted by Crippen LogP contribution is 2.31. The number of unbranched alkanes of at least 4 members (excludes halogenated alkanes) is 6. The fourth-order valence-electron chi connectivity index (χ4n) is 8.71. The number of pyridine rings is 3. The lowest BCUT2D eigenvalue weighted by atomic mass is 9.95. The summed E-state index contributed by atoms with van der Waals surface area (Å²) in [5, 5.41) is 38.4. The monoisotopic (exact) mass is 1390 g/mol. The van der Waals surface area contributed by atoms with Crippen LogP contribution in [-0.2, 0) is 17.9 Å². The molecule has 0 saturated heterocycles. The molecule has 0 fully saturated rings. The lowest BCUT2D eigenvalue weighted by Crippen LogP contribution is -2.39. The molecule has 0 aliphatic rings. The van der Waals surface area contributed by atoms with Crippen LogP contribution in [0.4, 0.5) is 49.9 Å². The minimum atomic E-state index is -4.64. The number of nitrogen functional groups attached to an aromatic ring is 1. The highest BCUT2D eigenvalue weighted by atomic mass is 35.5. The number of aromatic nitrogens is 9. The molecule has 0 bridgehead atoms. The van der Waals surface area contributed by atoms with Gasteiger partial charge in [-0.25, -0.2) is 48.1 Å². The first kappa shape index (κ1) is 82.2. The third-order valence-electron chi connectivity index (χ3n) is 14.1. The van der Waals surface area contributed by atoms with Gasteiger partial charge >= 0.3 is 6.18 Å². The maximum atomic E-state index is 13.9. The number of methoxy groups -OCH3 is 4. The molecule has 12 N–H and O–H groups in total. The second kappa shape index (κ2) is 41.1. The van der Waals surface area contributed by atoms with E-state index in [1.807, 2.05) is 51.1 Å². The van der Waals surface area contributed by atoms with Gasteiger partial charge in [0.25, 0.3) is 0 Å². The molecule has 0 spiro atoms. The van der Waals surface area contributed by atoms with E-state index in [0.29, 0.717) is 75.3 Å². The van der Waals surface area contributed by atoms with Crippen LogP contribution in [-0.4, -0.2) is 138 Å². The summed E-state index contributed by atoms with van der Waals surface area (Å²) in [6.07, 6.45) is 9.92. The van der Waals surface area contributed by atoms with Crippen molar-refractivity contribution in [2.75, 3.05) is 69.9 Å². The van der Waals surface area contributed by atoms with Crippen LogP contribution in [0.3, 0.4) is 0 Å². The Morgan fingerprint density at radius 3 is 1.42 bits per heavy atom. The number of nitrogens with zero attached hydrogens (tertiary/aromatic N) is 9. The highest BCUT2D eigenvalue weighted by Gasteiger charge is 2.28. The summed E-state index contributed by atoms with van der Waals surface area (Å²) in [5.41, 5.74) is 19.5. The van der Waals surface area contributed by atoms with Gasteiger partial charge in [-0.3, -0.25) is 4.79 Å². The number of aliphatic hydroxyl groups is 3. The van der Waals surface area contributed by atoms with E-state index in [2.05, 4.69) is 81.6 Å². The number of aliphatic hydroxyl groups excluding tert-OH is 3. The van der Waals surface area contributed by atoms with Crippen molar-refractivity contribution < 1.29 is 65.4 Å². The van der Waals surface area contributed by atoms with Crippen LogP contribution in [0.15, 0.2) is 73.2 Å². The number of rotatable bonds is 27. The van der Waals surface area contributed by atoms with E-state index >= 15 is 0 Å². The van der Waals surface area contributed by atoms with E-state index in [-0.39, 0.29) is 41.7 Å². The fourth-order valence-corrected chi connectivity index (χ4v) is 9.15. The van der Waals surface area contributed by atoms with Crippen LogP contribution in [0.1, 0.15) is 130 Å². The standard InChI is InChI=1S/C24H32FN5O3.C15H22FN5O.C9H13NO2.C8H19NO.C7H2Cl2FN3.C2HF3O/c1-5-6-7-10-24(2,15-31)30-22-21-19(11-17(25)14-26-21)28-23(29-22)27-13-16-8-9-18(32-3)12-20(16)33-4;1-3-4-5-6-15(2,9-22)21-13-12-11(19-14(17)20-13)7-10(16)8-18-12;1-11-8-4-3-7(6-10)9(5-8)12-2;1-3-4-5-6-8(2,9)7-10;8-6-5-4(12-7(9)13-6)1-3(10)2-11-5;3-2(4,5)1-6/h8-9,11-12,14,31H,5-7,10,13,15H2,1-4H3,(H2,27,28,29,30);7-8,22H,3-6,9H2,1-2H3,(H3,17,19,20,21);3-5H,6,10H2,1-2H3;10H,3-7,9H2,1-2H3;1-2H;1H/t24-;15-;;8-;;/m11.1../s1. The zero-order valence-electron chi connectivity index (χ0n) is 55.7. The van der Waals surface area contributed by atoms with Gasteiger partial charge < -0.3 is 67.4 Å². The molecule has 3 atom stereocenters. The number of aldehydes is 1. The summed E-state index contributed by atoms with van der Waals surface area (Å²) < 4.78 is 92.0. The van der Waals surface area contributed by atoms with Crippen LogP contribution in [0, 0.1) is 17.5 Å². The predicted octanol–water partition coefficient (Wildman–Crippen LogP) is 12.7. The highest BCUT2D eigenvalue weighted by molar-refractivity contribution is 6.35. The third kappa shape index (κ3) is 28.3. The molecule has 0 amide bonds. The number of carbonyl (C=O) groups excluding carboxylic acids is 1. The van der Waals surface area contributed by atoms with Crippen LogP contribution >= 0.6 is 23.2 Å². The van der Waals surface area contributed by atoms with E-state index in [1.54, 1.807) is 34.5 Å². The first-order valence-electron chi connectivity index (χ1n) is 30.7. The van der Waals surface area contributed by atoms with E-state index in [9.17, 15) is 36.6 Å². The van der Waals surface area contributed by atoms with Crippen molar-refractivity contribution in [3.63, 3.8) is 0 Å². The summed E-state index contributed by atoms with van der Waals surface area (Å²) in [6, 6.07) is 14.9. The van der Waals surface area contributed by atoms with Crippen molar-refractivity contribution in [2.24, 2.45) is 11.5 Å². The molecule has 6 aromatic heterocycles. The minimum absolute atomic E-state index is 0.0232. The van der Waals surface area contributed by atoms with Gasteiger partial charge in [-0.15, -0.1) is 0 Å². The molecule has 6 heterocycles. The Bertz CT molecular complexity index is 3660. The Kier molecular flexibility index (Phi) is 35.2. The first-order chi connectivity index (χ1) is 45.5. The molecule has 31 heteroatoms. The number of fused-ring (bicyclic) bond motifs is 3. The van der Waals surface area contributed by atoms with Gasteiger partial charge in [0, 0.05) is 60.1 Å². The quantitative estimate of drug-likeness (QED) is 0.00759. The lowest BCUT2D eigenvalue weighted by molar-refractivity contribution is -0.156. The Morgan fingerprint density at radius 1 is 0.562 bits per heavy atom. The molecule has 23 nitrogen and oxygen atoms in total. The maximum Gasteiger partial charge on any atom is 0.446 e. The van der Waals surface area contributed by atoms with Gasteiger partial charge in [0.15, 0.2) is 16.8 Å². The minimum Gasteiger partial charge on any atom is -0.497 e. The number of hydrogen-bond donors (Lipinski definition) is 9. The molecule has 0 saturated carbocycles. The fraction of sp³-hybridized carbons (Fsp3) is 0.477. The summed E-state index contributed by atoms with van der Waals surface area (Å²) >= 11 is 11.2. The summed E-state index contributed by atoms with van der Waals surface area (Å²) in [6.45, 7) is 13.0. The average molecular weight is 1390 g/mol. The summed E-state index contributed by atoms with van der Waals surface area (Å²) in [4.78, 5) is 45.3. The Labute approximate surface area is 565 Å². The summed E-state index contributed by atoms with van der Waals surface area (Å²) in [5.74, 6) is 2.66. The normalized spacial score (nSPS) is 12.7. The maximum absolute atomic E-state index is 13.9. The van der Waals surface area contributed by atoms with Gasteiger partial charge in [-0.2, -0.15) is 23.1 Å². The SMILES string of the molecule is CCCCC[C@@](C)(N)CO.CCCCC[C@](C)(CO)Nc1nc(N)nc2cc(F)cnc12.CCCCC[C@](C)(CO)Nc1nc(NCc2ccc(OC)cc2OC)nc2cc(F)cnc12.COc1ccc(CN)c(OC)c1.Fc1cnc2c(Cl)nc(Cl)nc2c1.O=CC(F)(F)F. The average Bonchev–Trinajstić information content (AvgIpc) is 0.814. The first-order valence-corrected chi connectivity index (χ1v) is 31.4. The zero-order chi connectivity index (χ0) is 71.7. The Hall–Kier alpha value is -8.06. The number of benzene rings is 2. The van der Waals surface area contributed by atoms with E-state index in [1.165, 1.54) is 31.0 Å². The van der Waals surface area contributed by atoms with Gasteiger partial charge in [-0.05, 0) is 69.8 Å². The van der Waals surface area contributed by atoms with Crippen LogP contribution in [0.5, 0.6) is 23.0 Å². The predicted molar refractivity (Wildman–Crippen MR) is 363 cm³/mol. The number of hydrogen-bond acceptors (Lipinski definition) is 23. The number of nitrogens with one attached hydrogen (secondary N) is 3. The van der Waals surface area contributed by atoms with Crippen molar-refractivity contribution in [2.45, 2.75) is 154 Å². The number of halogens is 8. The molecule has 0 unspecified atom stereocenters. The van der Waals surface area contributed by atoms with Crippen molar-refractivity contribution in [1.29, 1.82) is 0 Å². The zero-order valence-corrected chi connectivity index (χ0v) is 57.2. The van der Waals surface area contributed by atoms with Gasteiger partial charge in [0.05, 0.1) is 94.5 Å². The lowest BCUT2D eigenvalue weighted by Gasteiger charge is -2.30. The van der Waals surface area contributed by atoms with E-state index in [4.69, 9.17) is 69.3 Å². The second-order valence-electron chi connectivity index (χ2n) is 22.6. The third-order valence-corrected chi connectivity index (χ3v) is 14.6. The smallest absolute Gasteiger partial charge is 0.446 e. The number of alkyl halides is 3. The molecule has 8 rings (SSSR count). The van der Waals surface area contributed by atoms with Gasteiger partial charge in [0.1, 0.15) is 57.0 Å². The number of nitrogens with two attached hydrogens (primary N) is 3. The molecule has 8 aromatic rings. The van der Waals surface area contributed by atoms with Gasteiger partial charge in [0.2, 0.25) is 23.5 Å². The largest absolute Gasteiger partial charge is 0.497 e. The topological polar surface area (TPSA) is 345 Å². The van der Waals surface area contributed by atoms with Crippen molar-refractivity contribution in [3.05, 3.63) is 112 Å². The summed E-state index contributed by atoms with van der Waals surface area (Å²) in [7, 11) is 6.43. The van der Waals surface area contributed by atoms with E-state index in [0.717, 1.165) is 105 Å². The molecule has 96 heavy (non-hydrogen) atoms. The van der Waals surface area contributed by atoms with Crippen LogP contribution in [0.25, 0.3) is 33.1 Å². The van der Waals surface area contributed by atoms with Crippen LogP contribution < -0.4 is 52.1 Å². The molecule has 528 valence electrons. The number of anilines is 4. The molecule has 0 aliphatic carbocycles. The number of carbonyl (C=O) groups is 1. The molecular formula is C65H89Cl2F6N15O8. The van der Waals surface area contributed by atoms with Crippen molar-refractivity contribution in [3.8, 4) is 23.0 Å². The molecule has 0 aliphatic heterocycles. The van der Waals surface area contributed by atoms with Crippen molar-refractivity contribution >= 4 is 86.1 Å². The molecular weight excluding hydrogens is 1300 g/mol. The Morgan fingerprint density at radius 2 is 0.990 bits per heavy atom. The van der Waals surface area contributed by atoms with Gasteiger partial charge in [-0.1, -0.05) is 96.2 Å². The Balaban J connectivity index is 0.000000328. The van der Waals surface area contributed by atoms with Crippen molar-refractivity contribution in [1.82, 2.24) is 44.9 Å². The van der Waals surface area contributed by atoms with Crippen LogP contribution in [0.2, 0.25) is 10.4 Å². The number of ether oxygens (including phenoxy) is 4. The molecule has 0 radical (unpaired) electrons. The molecule has 2 aromatic carbocycles. The second-order valence-corrected chi connectivity index (χ2v) is 23.3.